The van der Waals surface area contributed by atoms with Crippen LogP contribution in [0.4, 0.5) is 0 Å². The molecule has 2 heterocycles. The van der Waals surface area contributed by atoms with Crippen molar-refractivity contribution >= 4 is 34.4 Å². The van der Waals surface area contributed by atoms with E-state index >= 15 is 0 Å². The van der Waals surface area contributed by atoms with Gasteiger partial charge in [-0.3, -0.25) is 19.2 Å². The number of carbonyl (C=O) groups excluding carboxylic acids is 4. The fourth-order valence-electron chi connectivity index (χ4n) is 7.53. The zero-order chi connectivity index (χ0) is 33.8. The topological polar surface area (TPSA) is 111 Å². The summed E-state index contributed by atoms with van der Waals surface area (Å²) in [7, 11) is 3.35. The molecule has 1 saturated carbocycles. The predicted octanol–water partition coefficient (Wildman–Crippen LogP) is 3.51. The standard InChI is InChI=1S/C38H47N5O5/c1-25(39-2)36(45)40-35(29-10-5-4-6-11-29)38(47)42-24-34(44)43-32(22-27-13-16-28-9-7-8-12-30(28)21-27)37(46)41(23-33(42)43)20-19-26-14-17-31(48-3)18-15-26/h7-9,12-18,21,25,29,32-33,35,39H,4-6,10-11,19-20,22-24H2,1-3H3,(H,40,45)/t25-,32-,33+,35-/m0/s1. The Kier molecular flexibility index (Phi) is 10.3. The van der Waals surface area contributed by atoms with Crippen LogP contribution in [-0.4, -0.2) is 96.4 Å². The Bertz CT molecular complexity index is 1640. The van der Waals surface area contributed by atoms with Gasteiger partial charge in [-0.2, -0.15) is 0 Å². The molecule has 0 spiro atoms. The van der Waals surface area contributed by atoms with Gasteiger partial charge in [-0.1, -0.05) is 73.9 Å². The number of fused-ring (bicyclic) bond motifs is 2. The Labute approximate surface area is 282 Å². The van der Waals surface area contributed by atoms with Crippen LogP contribution in [0.25, 0.3) is 10.8 Å². The van der Waals surface area contributed by atoms with Gasteiger partial charge in [-0.05, 0) is 73.2 Å². The second-order valence-electron chi connectivity index (χ2n) is 13.4. The summed E-state index contributed by atoms with van der Waals surface area (Å²) < 4.78 is 5.31. The molecule has 1 aliphatic carbocycles. The van der Waals surface area contributed by atoms with Crippen molar-refractivity contribution in [2.24, 2.45) is 5.92 Å². The molecule has 3 aromatic carbocycles. The number of nitrogens with zero attached hydrogens (tertiary/aromatic N) is 3. The largest absolute Gasteiger partial charge is 0.497 e. The van der Waals surface area contributed by atoms with E-state index in [1.165, 1.54) is 0 Å². The molecule has 2 saturated heterocycles. The van der Waals surface area contributed by atoms with Gasteiger partial charge in [0.05, 0.1) is 19.7 Å². The zero-order valence-electron chi connectivity index (χ0n) is 28.2. The van der Waals surface area contributed by atoms with E-state index in [2.05, 4.69) is 16.7 Å². The normalized spacial score (nSPS) is 21.3. The number of hydrogen-bond acceptors (Lipinski definition) is 6. The van der Waals surface area contributed by atoms with Gasteiger partial charge in [0.1, 0.15) is 30.5 Å². The van der Waals surface area contributed by atoms with Crippen molar-refractivity contribution in [1.82, 2.24) is 25.3 Å². The number of rotatable bonds is 11. The van der Waals surface area contributed by atoms with Crippen molar-refractivity contribution in [1.29, 1.82) is 0 Å². The minimum absolute atomic E-state index is 0.00629. The lowest BCUT2D eigenvalue weighted by molar-refractivity contribution is -0.156. The second kappa shape index (κ2) is 14.8. The lowest BCUT2D eigenvalue weighted by atomic mass is 9.83. The number of nitrogens with one attached hydrogen (secondary N) is 2. The fourth-order valence-corrected chi connectivity index (χ4v) is 7.53. The van der Waals surface area contributed by atoms with E-state index in [-0.39, 0.29) is 42.6 Å². The third kappa shape index (κ3) is 7.04. The molecule has 6 rings (SSSR count). The SMILES string of the molecule is CN[C@@H](C)C(=O)N[C@H](C(=O)N1CC(=O)N2[C@@H]1CN(CCc1ccc(OC)cc1)C(=O)[C@@H]2Cc1ccc2ccccc2c1)C1CCCCC1. The Morgan fingerprint density at radius 2 is 1.65 bits per heavy atom. The molecule has 48 heavy (non-hydrogen) atoms. The van der Waals surface area contributed by atoms with Crippen molar-refractivity contribution in [3.05, 3.63) is 77.9 Å². The smallest absolute Gasteiger partial charge is 0.247 e. The maximum absolute atomic E-state index is 14.5. The van der Waals surface area contributed by atoms with Gasteiger partial charge in [-0.25, -0.2) is 0 Å². The summed E-state index contributed by atoms with van der Waals surface area (Å²) >= 11 is 0. The fraction of sp³-hybridized carbons (Fsp3) is 0.474. The van der Waals surface area contributed by atoms with E-state index in [1.54, 1.807) is 30.9 Å². The van der Waals surface area contributed by atoms with Crippen LogP contribution in [0.5, 0.6) is 5.75 Å². The zero-order valence-corrected chi connectivity index (χ0v) is 28.2. The van der Waals surface area contributed by atoms with E-state index in [1.807, 2.05) is 65.6 Å². The average Bonchev–Trinajstić information content (AvgIpc) is 3.46. The van der Waals surface area contributed by atoms with Gasteiger partial charge in [0.25, 0.3) is 0 Å². The highest BCUT2D eigenvalue weighted by molar-refractivity contribution is 5.97. The number of piperazine rings is 1. The molecule has 4 amide bonds. The Morgan fingerprint density at radius 3 is 2.35 bits per heavy atom. The van der Waals surface area contributed by atoms with Crippen LogP contribution < -0.4 is 15.4 Å². The minimum atomic E-state index is -0.752. The second-order valence-corrected chi connectivity index (χ2v) is 13.4. The molecule has 4 atom stereocenters. The van der Waals surface area contributed by atoms with Gasteiger partial charge < -0.3 is 30.1 Å². The summed E-state index contributed by atoms with van der Waals surface area (Å²) in [4.78, 5) is 60.8. The van der Waals surface area contributed by atoms with Gasteiger partial charge in [0, 0.05) is 13.0 Å². The summed E-state index contributed by atoms with van der Waals surface area (Å²) in [5.41, 5.74) is 2.01. The van der Waals surface area contributed by atoms with Crippen molar-refractivity contribution in [3.8, 4) is 5.75 Å². The quantitative estimate of drug-likeness (QED) is 0.328. The third-order valence-electron chi connectivity index (χ3n) is 10.5. The van der Waals surface area contributed by atoms with E-state index < -0.39 is 24.3 Å². The summed E-state index contributed by atoms with van der Waals surface area (Å²) in [5.74, 6) is -0.0733. The molecule has 0 aromatic heterocycles. The van der Waals surface area contributed by atoms with Crippen LogP contribution in [0.3, 0.4) is 0 Å². The van der Waals surface area contributed by atoms with Gasteiger partial charge >= 0.3 is 0 Å². The molecule has 0 radical (unpaired) electrons. The van der Waals surface area contributed by atoms with Gasteiger partial charge in [0.15, 0.2) is 0 Å². The van der Waals surface area contributed by atoms with Crippen LogP contribution in [0, 0.1) is 5.92 Å². The maximum atomic E-state index is 14.5. The summed E-state index contributed by atoms with van der Waals surface area (Å²) in [6.07, 6.45) is 5.15. The molecule has 2 aliphatic heterocycles. The number of ether oxygens (including phenoxy) is 1. The molecule has 3 fully saturated rings. The first-order chi connectivity index (χ1) is 23.3. The van der Waals surface area contributed by atoms with E-state index in [0.717, 1.165) is 59.8 Å². The van der Waals surface area contributed by atoms with E-state index in [9.17, 15) is 19.2 Å². The molecule has 2 N–H and O–H groups in total. The van der Waals surface area contributed by atoms with Crippen molar-refractivity contribution in [2.75, 3.05) is 33.8 Å². The van der Waals surface area contributed by atoms with Crippen LogP contribution in [0.15, 0.2) is 66.7 Å². The number of likely N-dealkylation sites (N-methyl/N-ethyl adjacent to an activating group) is 1. The summed E-state index contributed by atoms with van der Waals surface area (Å²) in [6.45, 7) is 2.32. The lowest BCUT2D eigenvalue weighted by Crippen LogP contribution is -2.66. The monoisotopic (exact) mass is 653 g/mol. The van der Waals surface area contributed by atoms with E-state index in [4.69, 9.17) is 4.74 Å². The summed E-state index contributed by atoms with van der Waals surface area (Å²) in [6, 6.07) is 20.1. The highest BCUT2D eigenvalue weighted by Gasteiger charge is 2.52. The number of methoxy groups -OCH3 is 1. The van der Waals surface area contributed by atoms with Crippen molar-refractivity contribution in [2.45, 2.75) is 76.2 Å². The first-order valence-corrected chi connectivity index (χ1v) is 17.3. The van der Waals surface area contributed by atoms with E-state index in [0.29, 0.717) is 19.4 Å². The van der Waals surface area contributed by atoms with Crippen LogP contribution in [0.2, 0.25) is 0 Å². The molecule has 10 heteroatoms. The van der Waals surface area contributed by atoms with Crippen molar-refractivity contribution < 1.29 is 23.9 Å². The Morgan fingerprint density at radius 1 is 0.938 bits per heavy atom. The molecule has 254 valence electrons. The lowest BCUT2D eigenvalue weighted by Gasteiger charge is -2.45. The van der Waals surface area contributed by atoms with Crippen LogP contribution >= 0.6 is 0 Å². The Balaban J connectivity index is 1.30. The summed E-state index contributed by atoms with van der Waals surface area (Å²) in [5, 5.41) is 8.19. The molecule has 0 unspecified atom stereocenters. The Hall–Kier alpha value is -4.44. The van der Waals surface area contributed by atoms with Gasteiger partial charge in [0.2, 0.25) is 23.6 Å². The minimum Gasteiger partial charge on any atom is -0.497 e. The van der Waals surface area contributed by atoms with Gasteiger partial charge in [-0.15, -0.1) is 0 Å². The maximum Gasteiger partial charge on any atom is 0.247 e. The third-order valence-corrected chi connectivity index (χ3v) is 10.5. The number of carbonyl (C=O) groups is 4. The molecular formula is C38H47N5O5. The highest BCUT2D eigenvalue weighted by Crippen LogP contribution is 2.33. The highest BCUT2D eigenvalue weighted by atomic mass is 16.5. The molecule has 3 aliphatic rings. The first kappa shape index (κ1) is 33.5. The molecule has 0 bridgehead atoms. The van der Waals surface area contributed by atoms with Crippen molar-refractivity contribution in [3.63, 3.8) is 0 Å². The molecular weight excluding hydrogens is 606 g/mol. The number of hydrogen-bond donors (Lipinski definition) is 2. The molecule has 10 nitrogen and oxygen atoms in total. The number of amides is 4. The average molecular weight is 654 g/mol. The molecule has 3 aromatic rings. The number of benzene rings is 3. The first-order valence-electron chi connectivity index (χ1n) is 17.3. The predicted molar refractivity (Wildman–Crippen MR) is 184 cm³/mol. The van der Waals surface area contributed by atoms with Crippen LogP contribution in [-0.2, 0) is 32.0 Å². The van der Waals surface area contributed by atoms with Crippen LogP contribution in [0.1, 0.15) is 50.2 Å².